The number of anilines is 1. The fraction of sp³-hybridized carbons (Fsp3) is 0.0667. The zero-order chi connectivity index (χ0) is 28.4. The van der Waals surface area contributed by atoms with E-state index in [1.807, 2.05) is 36.4 Å². The van der Waals surface area contributed by atoms with Gasteiger partial charge in [0.2, 0.25) is 11.7 Å². The molecule has 4 N–H and O–H groups in total. The molecule has 1 aromatic heterocycles. The van der Waals surface area contributed by atoms with E-state index in [1.165, 1.54) is 36.3 Å². The van der Waals surface area contributed by atoms with E-state index in [-0.39, 0.29) is 39.5 Å². The van der Waals surface area contributed by atoms with Crippen LogP contribution in [0.3, 0.4) is 0 Å². The fourth-order valence-electron chi connectivity index (χ4n) is 4.31. The van der Waals surface area contributed by atoms with Crippen molar-refractivity contribution in [3.8, 4) is 11.5 Å². The van der Waals surface area contributed by atoms with Crippen molar-refractivity contribution in [2.24, 2.45) is 0 Å². The number of benzene rings is 4. The van der Waals surface area contributed by atoms with Crippen LogP contribution in [0.1, 0.15) is 37.4 Å². The highest BCUT2D eigenvalue weighted by Crippen LogP contribution is 2.37. The summed E-state index contributed by atoms with van der Waals surface area (Å²) in [4.78, 5) is 45.4. The van der Waals surface area contributed by atoms with Gasteiger partial charge in [0.05, 0.1) is 29.3 Å². The highest BCUT2D eigenvalue weighted by molar-refractivity contribution is 7.99. The molecule has 0 fully saturated rings. The lowest BCUT2D eigenvalue weighted by molar-refractivity contribution is 0.0974. The number of hydrogen-bond donors (Lipinski definition) is 4. The van der Waals surface area contributed by atoms with E-state index in [1.54, 1.807) is 24.8 Å². The first-order chi connectivity index (χ1) is 19.2. The molecule has 40 heavy (non-hydrogen) atoms. The number of imidazole rings is 1. The van der Waals surface area contributed by atoms with Crippen LogP contribution >= 0.6 is 11.8 Å². The SMILES string of the molecule is COC(=O)Nc1nc2ccc(Sc3ccccc3)cc2[nH]1.Cc1cc(O)c2c(c1)C(=O)c1cccc(O)c1C2=O. The van der Waals surface area contributed by atoms with Crippen molar-refractivity contribution in [2.75, 3.05) is 12.4 Å². The number of methoxy groups -OCH3 is 1. The van der Waals surface area contributed by atoms with Crippen molar-refractivity contribution in [3.05, 3.63) is 107 Å². The van der Waals surface area contributed by atoms with Crippen molar-refractivity contribution >= 4 is 46.4 Å². The summed E-state index contributed by atoms with van der Waals surface area (Å²) in [7, 11) is 1.31. The van der Waals surface area contributed by atoms with Gasteiger partial charge in [-0.25, -0.2) is 9.78 Å². The van der Waals surface area contributed by atoms with E-state index in [9.17, 15) is 24.6 Å². The number of nitrogens with zero attached hydrogens (tertiary/aromatic N) is 1. The molecule has 0 saturated carbocycles. The van der Waals surface area contributed by atoms with Crippen LogP contribution in [-0.2, 0) is 4.74 Å². The van der Waals surface area contributed by atoms with Gasteiger partial charge in [-0.1, -0.05) is 42.1 Å². The minimum Gasteiger partial charge on any atom is -0.507 e. The molecule has 0 spiro atoms. The van der Waals surface area contributed by atoms with E-state index in [4.69, 9.17) is 0 Å². The quantitative estimate of drug-likeness (QED) is 0.207. The second-order valence-electron chi connectivity index (χ2n) is 8.86. The number of aryl methyl sites for hydroxylation is 1. The molecule has 0 saturated heterocycles. The Labute approximate surface area is 232 Å². The van der Waals surface area contributed by atoms with Gasteiger partial charge in [0, 0.05) is 20.9 Å². The molecule has 6 rings (SSSR count). The van der Waals surface area contributed by atoms with Gasteiger partial charge in [-0.3, -0.25) is 14.9 Å². The van der Waals surface area contributed by atoms with Gasteiger partial charge in [0.25, 0.3) is 0 Å². The van der Waals surface area contributed by atoms with Gasteiger partial charge in [-0.15, -0.1) is 0 Å². The lowest BCUT2D eigenvalue weighted by Gasteiger charge is -2.19. The number of phenols is 2. The Bertz CT molecular complexity index is 1780. The van der Waals surface area contributed by atoms with Crippen molar-refractivity contribution in [1.82, 2.24) is 9.97 Å². The van der Waals surface area contributed by atoms with Crippen molar-refractivity contribution in [2.45, 2.75) is 16.7 Å². The largest absolute Gasteiger partial charge is 0.507 e. The van der Waals surface area contributed by atoms with Crippen LogP contribution in [0.25, 0.3) is 11.0 Å². The van der Waals surface area contributed by atoms with Gasteiger partial charge < -0.3 is 19.9 Å². The number of fused-ring (bicyclic) bond motifs is 3. The van der Waals surface area contributed by atoms with Crippen molar-refractivity contribution in [1.29, 1.82) is 0 Å². The maximum Gasteiger partial charge on any atom is 0.413 e. The molecule has 1 amide bonds. The Kier molecular flexibility index (Phi) is 7.26. The second-order valence-corrected chi connectivity index (χ2v) is 10.0. The number of carbonyl (C=O) groups is 3. The Balaban J connectivity index is 0.000000162. The average molecular weight is 554 g/mol. The topological polar surface area (TPSA) is 142 Å². The number of hydrogen-bond acceptors (Lipinski definition) is 8. The number of aromatic hydroxyl groups is 2. The molecule has 9 nitrogen and oxygen atoms in total. The minimum absolute atomic E-state index is 0.0374. The summed E-state index contributed by atoms with van der Waals surface area (Å²) >= 11 is 1.67. The first-order valence-corrected chi connectivity index (χ1v) is 12.9. The van der Waals surface area contributed by atoms with E-state index in [0.717, 1.165) is 15.9 Å². The fourth-order valence-corrected chi connectivity index (χ4v) is 5.19. The highest BCUT2D eigenvalue weighted by Gasteiger charge is 2.34. The van der Waals surface area contributed by atoms with E-state index in [0.29, 0.717) is 11.5 Å². The third-order valence-electron chi connectivity index (χ3n) is 6.09. The average Bonchev–Trinajstić information content (AvgIpc) is 3.33. The molecular formula is C30H23N3O6S. The van der Waals surface area contributed by atoms with Crippen molar-refractivity contribution in [3.63, 3.8) is 0 Å². The zero-order valence-corrected chi connectivity index (χ0v) is 22.2. The molecular weight excluding hydrogens is 530 g/mol. The first kappa shape index (κ1) is 26.5. The van der Waals surface area contributed by atoms with Gasteiger partial charge in [0.1, 0.15) is 11.5 Å². The molecule has 4 aromatic carbocycles. The molecule has 200 valence electrons. The third-order valence-corrected chi connectivity index (χ3v) is 7.08. The molecule has 0 unspecified atom stereocenters. The van der Waals surface area contributed by atoms with E-state index >= 15 is 0 Å². The molecule has 1 aliphatic rings. The van der Waals surface area contributed by atoms with Gasteiger partial charge >= 0.3 is 6.09 Å². The first-order valence-electron chi connectivity index (χ1n) is 12.1. The summed E-state index contributed by atoms with van der Waals surface area (Å²) in [6, 6.07) is 23.4. The minimum atomic E-state index is -0.548. The van der Waals surface area contributed by atoms with Crippen molar-refractivity contribution < 1.29 is 29.3 Å². The van der Waals surface area contributed by atoms with Crippen LogP contribution in [0.4, 0.5) is 10.7 Å². The van der Waals surface area contributed by atoms with Crippen LogP contribution in [0, 0.1) is 6.92 Å². The van der Waals surface area contributed by atoms with Crippen LogP contribution < -0.4 is 5.32 Å². The summed E-state index contributed by atoms with van der Waals surface area (Å²) in [6.45, 7) is 1.73. The summed E-state index contributed by atoms with van der Waals surface area (Å²) in [6.07, 6.45) is -0.548. The summed E-state index contributed by atoms with van der Waals surface area (Å²) in [5.41, 5.74) is 2.62. The van der Waals surface area contributed by atoms with Crippen LogP contribution in [0.15, 0.2) is 88.7 Å². The Morgan fingerprint density at radius 3 is 2.35 bits per heavy atom. The van der Waals surface area contributed by atoms with Gasteiger partial charge in [-0.05, 0) is 61.0 Å². The van der Waals surface area contributed by atoms with E-state index in [2.05, 4.69) is 32.2 Å². The molecule has 5 aromatic rings. The number of rotatable bonds is 3. The number of ketones is 2. The maximum atomic E-state index is 12.3. The van der Waals surface area contributed by atoms with Crippen LogP contribution in [0.5, 0.6) is 11.5 Å². The predicted octanol–water partition coefficient (Wildman–Crippen LogP) is 6.07. The molecule has 0 aliphatic heterocycles. The Morgan fingerprint density at radius 1 is 0.850 bits per heavy atom. The summed E-state index contributed by atoms with van der Waals surface area (Å²) < 4.78 is 4.54. The maximum absolute atomic E-state index is 12.3. The Morgan fingerprint density at radius 2 is 1.60 bits per heavy atom. The number of nitrogens with one attached hydrogen (secondary N) is 2. The molecule has 1 heterocycles. The molecule has 10 heteroatoms. The second kappa shape index (κ2) is 11.0. The number of amides is 1. The molecule has 1 aliphatic carbocycles. The number of phenolic OH excluding ortho intramolecular Hbond substituents is 2. The number of aromatic nitrogens is 2. The van der Waals surface area contributed by atoms with Crippen LogP contribution in [0.2, 0.25) is 0 Å². The summed E-state index contributed by atoms with van der Waals surface area (Å²) in [5, 5.41) is 22.2. The normalized spacial score (nSPS) is 11.8. The number of aromatic amines is 1. The standard InChI is InChI=1S/C15H13N3O2S.C15H10O4/c1-20-15(19)18-14-16-12-8-7-11(9-13(12)17-14)21-10-5-3-2-4-6-10;1-7-5-9-13(11(17)6-7)15(19)12-8(14(9)18)3-2-4-10(12)16/h2-9H,1H3,(H2,16,17,18,19);2-6,16-17H,1H3. The zero-order valence-electron chi connectivity index (χ0n) is 21.4. The number of ether oxygens (including phenoxy) is 1. The van der Waals surface area contributed by atoms with E-state index < -0.39 is 11.9 Å². The third kappa shape index (κ3) is 5.25. The molecule has 0 bridgehead atoms. The summed E-state index contributed by atoms with van der Waals surface area (Å²) in [5.74, 6) is -0.998. The molecule has 0 radical (unpaired) electrons. The predicted molar refractivity (Wildman–Crippen MR) is 151 cm³/mol. The van der Waals surface area contributed by atoms with Crippen LogP contribution in [-0.4, -0.2) is 45.0 Å². The highest BCUT2D eigenvalue weighted by atomic mass is 32.2. The monoisotopic (exact) mass is 553 g/mol. The van der Waals surface area contributed by atoms with Gasteiger partial charge in [-0.2, -0.15) is 0 Å². The smallest absolute Gasteiger partial charge is 0.413 e. The lowest BCUT2D eigenvalue weighted by Crippen LogP contribution is -2.21. The number of H-pyrrole nitrogens is 1. The molecule has 0 atom stereocenters. The lowest BCUT2D eigenvalue weighted by atomic mass is 9.82. The van der Waals surface area contributed by atoms with Gasteiger partial charge in [0.15, 0.2) is 5.78 Å². The Hall–Kier alpha value is -5.09. The number of carbonyl (C=O) groups excluding carboxylic acids is 3.